The lowest BCUT2D eigenvalue weighted by molar-refractivity contribution is -0.120. The zero-order chi connectivity index (χ0) is 20.0. The second-order valence-corrected chi connectivity index (χ2v) is 8.10. The largest absolute Gasteiger partial charge is 0.348 e. The lowest BCUT2D eigenvalue weighted by atomic mass is 9.89. The molecule has 0 bridgehead atoms. The van der Waals surface area contributed by atoms with E-state index in [0.29, 0.717) is 5.56 Å². The maximum atomic E-state index is 12.9. The number of nitrogens with one attached hydrogen (secondary N) is 1. The van der Waals surface area contributed by atoms with Gasteiger partial charge in [-0.3, -0.25) is 14.5 Å². The zero-order valence-electron chi connectivity index (χ0n) is 16.6. The summed E-state index contributed by atoms with van der Waals surface area (Å²) in [4.78, 5) is 27.2. The number of hydrogen-bond donors (Lipinski definition) is 1. The Kier molecular flexibility index (Phi) is 4.35. The van der Waals surface area contributed by atoms with E-state index in [4.69, 9.17) is 0 Å². The van der Waals surface area contributed by atoms with Crippen LogP contribution in [0.15, 0.2) is 54.6 Å². The summed E-state index contributed by atoms with van der Waals surface area (Å²) in [6.45, 7) is 2.03. The molecule has 4 nitrogen and oxygen atoms in total. The predicted molar refractivity (Wildman–Crippen MR) is 115 cm³/mol. The average Bonchev–Trinajstić information content (AvgIpc) is 3.01. The van der Waals surface area contributed by atoms with Crippen molar-refractivity contribution in [2.75, 3.05) is 11.4 Å². The number of amides is 2. The van der Waals surface area contributed by atoms with Gasteiger partial charge in [-0.2, -0.15) is 0 Å². The van der Waals surface area contributed by atoms with Crippen molar-refractivity contribution in [3.8, 4) is 0 Å². The van der Waals surface area contributed by atoms with Gasteiger partial charge in [0.15, 0.2) is 0 Å². The number of rotatable bonds is 4. The molecule has 3 aromatic rings. The third-order valence-electron chi connectivity index (χ3n) is 6.20. The second kappa shape index (κ2) is 7.03. The molecule has 2 amide bonds. The average molecular weight is 384 g/mol. The monoisotopic (exact) mass is 384 g/mol. The Bertz CT molecular complexity index is 1130. The molecule has 2 aliphatic rings. The fourth-order valence-electron chi connectivity index (χ4n) is 4.67. The molecule has 0 radical (unpaired) electrons. The number of benzene rings is 3. The smallest absolute Gasteiger partial charge is 0.259 e. The number of fused-ring (bicyclic) bond motifs is 1. The molecule has 0 unspecified atom stereocenters. The summed E-state index contributed by atoms with van der Waals surface area (Å²) in [7, 11) is 0. The van der Waals surface area contributed by atoms with Crippen LogP contribution in [0.3, 0.4) is 0 Å². The summed E-state index contributed by atoms with van der Waals surface area (Å²) in [5, 5.41) is 5.04. The summed E-state index contributed by atoms with van der Waals surface area (Å²) in [5.74, 6) is -0.248. The van der Waals surface area contributed by atoms with Crippen LogP contribution in [0.4, 0.5) is 5.69 Å². The molecular weight excluding hydrogens is 360 g/mol. The SMILES string of the molecule is C[C@@H](NC(=O)CN1C(=O)c2cccc3cccc1c23)c1ccc2c(c1)CCCC2. The molecule has 0 saturated heterocycles. The molecule has 4 heteroatoms. The highest BCUT2D eigenvalue weighted by molar-refractivity contribution is 6.26. The van der Waals surface area contributed by atoms with Crippen LogP contribution in [0.25, 0.3) is 10.8 Å². The molecule has 29 heavy (non-hydrogen) atoms. The first-order chi connectivity index (χ1) is 14.1. The maximum absolute atomic E-state index is 12.9. The van der Waals surface area contributed by atoms with Crippen LogP contribution in [0, 0.1) is 0 Å². The third kappa shape index (κ3) is 3.09. The van der Waals surface area contributed by atoms with Crippen LogP contribution < -0.4 is 10.2 Å². The summed E-state index contributed by atoms with van der Waals surface area (Å²) in [6.07, 6.45) is 4.77. The van der Waals surface area contributed by atoms with E-state index in [2.05, 4.69) is 23.5 Å². The van der Waals surface area contributed by atoms with E-state index in [9.17, 15) is 9.59 Å². The van der Waals surface area contributed by atoms with Crippen LogP contribution in [0.1, 0.15) is 52.9 Å². The van der Waals surface area contributed by atoms with Crippen LogP contribution in [-0.2, 0) is 17.6 Å². The minimum absolute atomic E-state index is 0.0297. The van der Waals surface area contributed by atoms with E-state index in [1.54, 1.807) is 4.90 Å². The summed E-state index contributed by atoms with van der Waals surface area (Å²) >= 11 is 0. The predicted octanol–water partition coefficient (Wildman–Crippen LogP) is 4.56. The standard InChI is InChI=1S/C25H24N2O2/c1-16(19-13-12-17-6-2-3-7-20(17)14-19)26-23(28)15-27-22-11-5-9-18-8-4-10-21(24(18)22)25(27)29/h4-5,8-14,16H,2-3,6-7,15H2,1H3,(H,26,28)/t16-/m1/s1. The van der Waals surface area contributed by atoms with E-state index >= 15 is 0 Å². The first-order valence-corrected chi connectivity index (χ1v) is 10.4. The van der Waals surface area contributed by atoms with Gasteiger partial charge in [0.2, 0.25) is 5.91 Å². The Morgan fingerprint density at radius 1 is 1.03 bits per heavy atom. The number of carbonyl (C=O) groups is 2. The quantitative estimate of drug-likeness (QED) is 0.717. The molecule has 0 aromatic heterocycles. The molecular formula is C25H24N2O2. The molecule has 5 rings (SSSR count). The van der Waals surface area contributed by atoms with E-state index in [1.165, 1.54) is 24.0 Å². The van der Waals surface area contributed by atoms with Crippen molar-refractivity contribution in [1.29, 1.82) is 0 Å². The normalized spacial score (nSPS) is 16.0. The third-order valence-corrected chi connectivity index (χ3v) is 6.20. The topological polar surface area (TPSA) is 49.4 Å². The summed E-state index contributed by atoms with van der Waals surface area (Å²) in [6, 6.07) is 18.0. The number of hydrogen-bond acceptors (Lipinski definition) is 2. The number of nitrogens with zero attached hydrogens (tertiary/aromatic N) is 1. The van der Waals surface area contributed by atoms with Crippen molar-refractivity contribution >= 4 is 28.3 Å². The minimum atomic E-state index is -0.145. The Morgan fingerprint density at radius 3 is 2.62 bits per heavy atom. The molecule has 3 aromatic carbocycles. The number of aryl methyl sites for hydroxylation is 2. The van der Waals surface area contributed by atoms with Crippen molar-refractivity contribution < 1.29 is 9.59 Å². The fourth-order valence-corrected chi connectivity index (χ4v) is 4.67. The van der Waals surface area contributed by atoms with Gasteiger partial charge in [-0.1, -0.05) is 42.5 Å². The van der Waals surface area contributed by atoms with Gasteiger partial charge in [-0.05, 0) is 66.8 Å². The highest BCUT2D eigenvalue weighted by Gasteiger charge is 2.31. The van der Waals surface area contributed by atoms with E-state index in [-0.39, 0.29) is 24.4 Å². The van der Waals surface area contributed by atoms with Crippen LogP contribution >= 0.6 is 0 Å². The van der Waals surface area contributed by atoms with Crippen LogP contribution in [0.2, 0.25) is 0 Å². The molecule has 1 heterocycles. The first-order valence-electron chi connectivity index (χ1n) is 10.4. The van der Waals surface area contributed by atoms with Crippen molar-refractivity contribution in [3.63, 3.8) is 0 Å². The molecule has 1 N–H and O–H groups in total. The lowest BCUT2D eigenvalue weighted by Crippen LogP contribution is -2.39. The summed E-state index contributed by atoms with van der Waals surface area (Å²) in [5.41, 5.74) is 5.46. The Balaban J connectivity index is 1.33. The van der Waals surface area contributed by atoms with Gasteiger partial charge in [0.25, 0.3) is 5.91 Å². The van der Waals surface area contributed by atoms with Crippen molar-refractivity contribution in [2.45, 2.75) is 38.6 Å². The van der Waals surface area contributed by atoms with Gasteiger partial charge in [0.05, 0.1) is 11.7 Å². The van der Waals surface area contributed by atoms with E-state index < -0.39 is 0 Å². The first kappa shape index (κ1) is 17.9. The van der Waals surface area contributed by atoms with E-state index in [0.717, 1.165) is 34.9 Å². The Hall–Kier alpha value is -3.14. The Labute approximate surface area is 170 Å². The number of anilines is 1. The van der Waals surface area contributed by atoms with Gasteiger partial charge in [0.1, 0.15) is 6.54 Å². The lowest BCUT2D eigenvalue weighted by Gasteiger charge is -2.22. The minimum Gasteiger partial charge on any atom is -0.348 e. The van der Waals surface area contributed by atoms with E-state index in [1.807, 2.05) is 43.3 Å². The molecule has 0 spiro atoms. The highest BCUT2D eigenvalue weighted by Crippen LogP contribution is 2.37. The van der Waals surface area contributed by atoms with Crippen LogP contribution in [0.5, 0.6) is 0 Å². The molecule has 0 saturated carbocycles. The van der Waals surface area contributed by atoms with Crippen molar-refractivity contribution in [3.05, 3.63) is 76.9 Å². The van der Waals surface area contributed by atoms with Gasteiger partial charge >= 0.3 is 0 Å². The van der Waals surface area contributed by atoms with Gasteiger partial charge in [-0.25, -0.2) is 0 Å². The highest BCUT2D eigenvalue weighted by atomic mass is 16.2. The van der Waals surface area contributed by atoms with Crippen LogP contribution in [-0.4, -0.2) is 18.4 Å². The number of carbonyl (C=O) groups excluding carboxylic acids is 2. The molecule has 146 valence electrons. The van der Waals surface area contributed by atoms with Gasteiger partial charge in [0, 0.05) is 10.9 Å². The molecule has 0 fully saturated rings. The summed E-state index contributed by atoms with van der Waals surface area (Å²) < 4.78 is 0. The Morgan fingerprint density at radius 2 is 1.79 bits per heavy atom. The van der Waals surface area contributed by atoms with Gasteiger partial charge < -0.3 is 5.32 Å². The fraction of sp³-hybridized carbons (Fsp3) is 0.280. The molecule has 1 atom stereocenters. The molecule has 1 aliphatic carbocycles. The second-order valence-electron chi connectivity index (χ2n) is 8.10. The van der Waals surface area contributed by atoms with Crippen molar-refractivity contribution in [1.82, 2.24) is 5.32 Å². The molecule has 1 aliphatic heterocycles. The maximum Gasteiger partial charge on any atom is 0.259 e. The van der Waals surface area contributed by atoms with Gasteiger partial charge in [-0.15, -0.1) is 0 Å². The zero-order valence-corrected chi connectivity index (χ0v) is 16.6. The van der Waals surface area contributed by atoms with Crippen molar-refractivity contribution in [2.24, 2.45) is 0 Å².